The zero-order valence-electron chi connectivity index (χ0n) is 11.5. The topological polar surface area (TPSA) is 49.8 Å². The second-order valence-corrected chi connectivity index (χ2v) is 6.13. The third-order valence-corrected chi connectivity index (χ3v) is 3.64. The average molecular weight is 272 g/mol. The summed E-state index contributed by atoms with van der Waals surface area (Å²) in [5.74, 6) is 0.548. The quantitative estimate of drug-likeness (QED) is 0.767. The predicted octanol–water partition coefficient (Wildman–Crippen LogP) is 4.23. The van der Waals surface area contributed by atoms with Gasteiger partial charge in [0.05, 0.1) is 0 Å². The van der Waals surface area contributed by atoms with Crippen molar-refractivity contribution in [2.75, 3.05) is 6.26 Å². The summed E-state index contributed by atoms with van der Waals surface area (Å²) in [5, 5.41) is 13.8. The molecule has 1 aromatic heterocycles. The van der Waals surface area contributed by atoms with E-state index in [1.807, 2.05) is 18.4 Å². The van der Waals surface area contributed by atoms with Crippen LogP contribution in [0.1, 0.15) is 31.9 Å². The normalized spacial score (nSPS) is 11.3. The van der Waals surface area contributed by atoms with Crippen LogP contribution in [0.25, 0.3) is 11.3 Å². The van der Waals surface area contributed by atoms with Crippen LogP contribution in [0.2, 0.25) is 0 Å². The Morgan fingerprint density at radius 2 is 1.84 bits per heavy atom. The Kier molecular flexibility index (Phi) is 3.68. The van der Waals surface area contributed by atoms with E-state index < -0.39 is 0 Å². The molecule has 0 unspecified atom stereocenters. The van der Waals surface area contributed by atoms with E-state index in [-0.39, 0.29) is 5.41 Å². The van der Waals surface area contributed by atoms with Crippen LogP contribution in [-0.4, -0.2) is 11.4 Å². The summed E-state index contributed by atoms with van der Waals surface area (Å²) >= 11 is 1.42. The van der Waals surface area contributed by atoms with Gasteiger partial charge in [-0.3, -0.25) is 0 Å². The first-order valence-corrected chi connectivity index (χ1v) is 7.24. The second kappa shape index (κ2) is 5.10. The third-order valence-electron chi connectivity index (χ3n) is 2.98. The van der Waals surface area contributed by atoms with E-state index in [9.17, 15) is 5.26 Å². The van der Waals surface area contributed by atoms with Crippen LogP contribution >= 0.6 is 11.8 Å². The highest BCUT2D eigenvalue weighted by atomic mass is 32.2. The number of hydrogen-bond donors (Lipinski definition) is 0. The fourth-order valence-corrected chi connectivity index (χ4v) is 2.29. The summed E-state index contributed by atoms with van der Waals surface area (Å²) in [6.07, 6.45) is 1.88. The molecule has 0 radical (unpaired) electrons. The minimum atomic E-state index is 0.114. The lowest BCUT2D eigenvalue weighted by Gasteiger charge is -2.18. The highest BCUT2D eigenvalue weighted by molar-refractivity contribution is 7.98. The second-order valence-electron chi connectivity index (χ2n) is 5.34. The summed E-state index contributed by atoms with van der Waals surface area (Å²) in [4.78, 5) is 0. The van der Waals surface area contributed by atoms with Crippen LogP contribution in [0.15, 0.2) is 33.8 Å². The fourth-order valence-electron chi connectivity index (χ4n) is 1.83. The number of hydrogen-bond acceptors (Lipinski definition) is 4. The van der Waals surface area contributed by atoms with E-state index in [0.29, 0.717) is 16.3 Å². The maximum atomic E-state index is 9.20. The van der Waals surface area contributed by atoms with Crippen molar-refractivity contribution < 1.29 is 4.52 Å². The van der Waals surface area contributed by atoms with Gasteiger partial charge in [-0.15, -0.1) is 11.8 Å². The van der Waals surface area contributed by atoms with Crippen molar-refractivity contribution in [3.05, 3.63) is 35.4 Å². The van der Waals surface area contributed by atoms with Gasteiger partial charge < -0.3 is 4.52 Å². The molecule has 0 atom stereocenters. The van der Waals surface area contributed by atoms with Crippen LogP contribution in [0, 0.1) is 11.3 Å². The SMILES string of the molecule is CSc1noc(-c2ccc(C(C)(C)C)cc2)c1C#N. The van der Waals surface area contributed by atoms with Crippen LogP contribution in [0.4, 0.5) is 0 Å². The molecule has 0 aliphatic rings. The van der Waals surface area contributed by atoms with E-state index in [2.05, 4.69) is 44.1 Å². The molecule has 0 aliphatic carbocycles. The van der Waals surface area contributed by atoms with Crippen molar-refractivity contribution in [3.8, 4) is 17.4 Å². The smallest absolute Gasteiger partial charge is 0.185 e. The number of nitrogens with zero attached hydrogens (tertiary/aromatic N) is 2. The molecule has 2 aromatic rings. The number of aromatic nitrogens is 1. The molecular weight excluding hydrogens is 256 g/mol. The molecule has 0 amide bonds. The first kappa shape index (κ1) is 13.7. The Hall–Kier alpha value is -1.73. The van der Waals surface area contributed by atoms with Gasteiger partial charge in [-0.1, -0.05) is 50.2 Å². The van der Waals surface area contributed by atoms with Crippen molar-refractivity contribution in [1.82, 2.24) is 5.16 Å². The van der Waals surface area contributed by atoms with Gasteiger partial charge in [0.15, 0.2) is 10.8 Å². The third kappa shape index (κ3) is 2.66. The van der Waals surface area contributed by atoms with Gasteiger partial charge in [0, 0.05) is 5.56 Å². The van der Waals surface area contributed by atoms with Gasteiger partial charge in [0.1, 0.15) is 11.6 Å². The first-order chi connectivity index (χ1) is 8.97. The molecule has 98 valence electrons. The summed E-state index contributed by atoms with van der Waals surface area (Å²) < 4.78 is 5.30. The Balaban J connectivity index is 2.44. The lowest BCUT2D eigenvalue weighted by atomic mass is 9.86. The van der Waals surface area contributed by atoms with Gasteiger partial charge in [0.25, 0.3) is 0 Å². The lowest BCUT2D eigenvalue weighted by Crippen LogP contribution is -2.10. The molecule has 0 fully saturated rings. The van der Waals surface area contributed by atoms with Crippen molar-refractivity contribution in [2.24, 2.45) is 0 Å². The maximum Gasteiger partial charge on any atom is 0.185 e. The van der Waals surface area contributed by atoms with E-state index in [1.54, 1.807) is 0 Å². The van der Waals surface area contributed by atoms with E-state index in [0.717, 1.165) is 5.56 Å². The Morgan fingerprint density at radius 3 is 2.32 bits per heavy atom. The monoisotopic (exact) mass is 272 g/mol. The summed E-state index contributed by atoms with van der Waals surface area (Å²) in [6.45, 7) is 6.51. The van der Waals surface area contributed by atoms with Crippen LogP contribution in [-0.2, 0) is 5.41 Å². The molecule has 0 spiro atoms. The van der Waals surface area contributed by atoms with Crippen LogP contribution < -0.4 is 0 Å². The van der Waals surface area contributed by atoms with Gasteiger partial charge in [-0.05, 0) is 17.2 Å². The van der Waals surface area contributed by atoms with Gasteiger partial charge in [-0.2, -0.15) is 5.26 Å². The molecule has 4 heteroatoms. The zero-order valence-corrected chi connectivity index (χ0v) is 12.3. The van der Waals surface area contributed by atoms with Crippen molar-refractivity contribution in [1.29, 1.82) is 5.26 Å². The average Bonchev–Trinajstić information content (AvgIpc) is 2.80. The minimum absolute atomic E-state index is 0.114. The predicted molar refractivity (Wildman–Crippen MR) is 77.1 cm³/mol. The largest absolute Gasteiger partial charge is 0.354 e. The molecule has 3 nitrogen and oxygen atoms in total. The summed E-state index contributed by atoms with van der Waals surface area (Å²) in [7, 11) is 0. The van der Waals surface area contributed by atoms with Crippen LogP contribution in [0.5, 0.6) is 0 Å². The molecule has 1 aromatic carbocycles. The number of nitriles is 1. The van der Waals surface area contributed by atoms with E-state index in [1.165, 1.54) is 17.3 Å². The van der Waals surface area contributed by atoms with Gasteiger partial charge >= 0.3 is 0 Å². The molecule has 0 aliphatic heterocycles. The molecule has 0 saturated heterocycles. The molecule has 19 heavy (non-hydrogen) atoms. The Labute approximate surface area is 117 Å². The fraction of sp³-hybridized carbons (Fsp3) is 0.333. The van der Waals surface area contributed by atoms with E-state index in [4.69, 9.17) is 4.52 Å². The number of benzene rings is 1. The molecule has 0 bridgehead atoms. The highest BCUT2D eigenvalue weighted by Crippen LogP contribution is 2.31. The van der Waals surface area contributed by atoms with Crippen LogP contribution in [0.3, 0.4) is 0 Å². The van der Waals surface area contributed by atoms with Crippen molar-refractivity contribution >= 4 is 11.8 Å². The van der Waals surface area contributed by atoms with E-state index >= 15 is 0 Å². The van der Waals surface area contributed by atoms with Crippen molar-refractivity contribution in [3.63, 3.8) is 0 Å². The Morgan fingerprint density at radius 1 is 1.21 bits per heavy atom. The standard InChI is InChI=1S/C15H16N2OS/c1-15(2,3)11-7-5-10(6-8-11)13-12(9-16)14(19-4)17-18-13/h5-8H,1-4H3. The van der Waals surface area contributed by atoms with Crippen molar-refractivity contribution in [2.45, 2.75) is 31.2 Å². The minimum Gasteiger partial charge on any atom is -0.354 e. The summed E-state index contributed by atoms with van der Waals surface area (Å²) in [6, 6.07) is 10.3. The maximum absolute atomic E-state index is 9.20. The highest BCUT2D eigenvalue weighted by Gasteiger charge is 2.18. The van der Waals surface area contributed by atoms with Gasteiger partial charge in [-0.25, -0.2) is 0 Å². The number of rotatable bonds is 2. The number of thioether (sulfide) groups is 1. The first-order valence-electron chi connectivity index (χ1n) is 6.02. The molecule has 1 heterocycles. The Bertz CT molecular complexity index is 615. The molecule has 2 rings (SSSR count). The molecular formula is C15H16N2OS. The molecule has 0 N–H and O–H groups in total. The summed E-state index contributed by atoms with van der Waals surface area (Å²) in [5.41, 5.74) is 2.76. The zero-order chi connectivity index (χ0) is 14.0. The van der Waals surface area contributed by atoms with Gasteiger partial charge in [0.2, 0.25) is 0 Å². The molecule has 0 saturated carbocycles. The lowest BCUT2D eigenvalue weighted by molar-refractivity contribution is 0.415.